The number of aliphatic carboxylic acids is 1. The van der Waals surface area contributed by atoms with Gasteiger partial charge in [-0.1, -0.05) is 12.1 Å². The summed E-state index contributed by atoms with van der Waals surface area (Å²) in [5.74, 6) is -2.07. The van der Waals surface area contributed by atoms with Crippen LogP contribution in [-0.2, 0) is 19.2 Å². The van der Waals surface area contributed by atoms with Crippen molar-refractivity contribution in [3.8, 4) is 0 Å². The first-order chi connectivity index (χ1) is 8.54. The summed E-state index contributed by atoms with van der Waals surface area (Å²) < 4.78 is 0. The first kappa shape index (κ1) is 13.9. The van der Waals surface area contributed by atoms with Gasteiger partial charge in [0, 0.05) is 13.0 Å². The highest BCUT2D eigenvalue weighted by Gasteiger charge is 2.31. The second-order valence-corrected chi connectivity index (χ2v) is 3.71. The van der Waals surface area contributed by atoms with Crippen LogP contribution in [0.1, 0.15) is 19.8 Å². The van der Waals surface area contributed by atoms with Crippen molar-refractivity contribution in [3.05, 3.63) is 0 Å². The Balaban J connectivity index is 2.27. The molecule has 0 aromatic heterocycles. The Labute approximate surface area is 103 Å². The van der Waals surface area contributed by atoms with Gasteiger partial charge in [0.15, 0.2) is 5.71 Å². The van der Waals surface area contributed by atoms with Crippen molar-refractivity contribution < 1.29 is 24.3 Å². The van der Waals surface area contributed by atoms with E-state index in [0.717, 1.165) is 6.42 Å². The summed E-state index contributed by atoms with van der Waals surface area (Å²) in [6, 6.07) is 0. The molecule has 2 amide bonds. The zero-order chi connectivity index (χ0) is 13.5. The molecule has 100 valence electrons. The molecular weight excluding hydrogens is 242 g/mol. The lowest BCUT2D eigenvalue weighted by Crippen LogP contribution is -2.41. The van der Waals surface area contributed by atoms with Gasteiger partial charge in [0.25, 0.3) is 5.91 Å². The maximum absolute atomic E-state index is 11.5. The van der Waals surface area contributed by atoms with Gasteiger partial charge in [-0.15, -0.1) is 0 Å². The zero-order valence-corrected chi connectivity index (χ0v) is 9.93. The van der Waals surface area contributed by atoms with E-state index in [1.54, 1.807) is 0 Å². The first-order valence-electron chi connectivity index (χ1n) is 5.55. The van der Waals surface area contributed by atoms with Gasteiger partial charge in [0.1, 0.15) is 0 Å². The fourth-order valence-electron chi connectivity index (χ4n) is 1.25. The van der Waals surface area contributed by atoms with Crippen LogP contribution in [0.4, 0.5) is 0 Å². The Hall–Kier alpha value is -2.12. The molecule has 0 spiro atoms. The number of nitrogens with zero attached hydrogens (tertiary/aromatic N) is 1. The summed E-state index contributed by atoms with van der Waals surface area (Å²) >= 11 is 0. The van der Waals surface area contributed by atoms with Gasteiger partial charge in [-0.05, 0) is 6.42 Å². The largest absolute Gasteiger partial charge is 0.477 e. The fourth-order valence-corrected chi connectivity index (χ4v) is 1.25. The molecule has 0 aromatic rings. The smallest absolute Gasteiger partial charge is 0.353 e. The van der Waals surface area contributed by atoms with E-state index in [1.807, 2.05) is 6.92 Å². The Morgan fingerprint density at radius 2 is 2.17 bits per heavy atom. The van der Waals surface area contributed by atoms with Gasteiger partial charge in [-0.25, -0.2) is 4.79 Å². The topological polar surface area (TPSA) is 117 Å². The highest BCUT2D eigenvalue weighted by molar-refractivity contribution is 6.36. The number of hydrogen-bond acceptors (Lipinski definition) is 5. The molecule has 0 saturated heterocycles. The second-order valence-electron chi connectivity index (χ2n) is 3.71. The molecule has 1 aliphatic heterocycles. The molecule has 8 nitrogen and oxygen atoms in total. The molecule has 3 N–H and O–H groups in total. The van der Waals surface area contributed by atoms with E-state index in [9.17, 15) is 14.4 Å². The van der Waals surface area contributed by atoms with Gasteiger partial charge in [0.2, 0.25) is 12.0 Å². The highest BCUT2D eigenvalue weighted by Crippen LogP contribution is 2.10. The highest BCUT2D eigenvalue weighted by atomic mass is 16.6. The predicted octanol–water partition coefficient (Wildman–Crippen LogP) is -1.14. The third-order valence-corrected chi connectivity index (χ3v) is 2.20. The molecule has 1 aliphatic rings. The third kappa shape index (κ3) is 4.04. The Morgan fingerprint density at radius 3 is 2.72 bits per heavy atom. The summed E-state index contributed by atoms with van der Waals surface area (Å²) in [6.45, 7) is 2.29. The van der Waals surface area contributed by atoms with E-state index in [-0.39, 0.29) is 24.6 Å². The molecular formula is C10H15N3O5. The van der Waals surface area contributed by atoms with Crippen LogP contribution in [0.25, 0.3) is 0 Å². The standard InChI is InChI=1S/C10H15N3O5/c1-2-3-11-8(14)5-12-9(15)7-4-6(10(16)17)13-18-7/h7H,2-5H2,1H3,(H,11,14)(H,12,15)(H,16,17). The zero-order valence-electron chi connectivity index (χ0n) is 9.93. The molecule has 0 bridgehead atoms. The van der Waals surface area contributed by atoms with Crippen molar-refractivity contribution in [1.29, 1.82) is 0 Å². The average molecular weight is 257 g/mol. The molecule has 0 fully saturated rings. The van der Waals surface area contributed by atoms with E-state index in [2.05, 4.69) is 20.6 Å². The number of nitrogens with one attached hydrogen (secondary N) is 2. The number of carboxylic acid groups (broad SMARTS) is 1. The van der Waals surface area contributed by atoms with Gasteiger partial charge >= 0.3 is 5.97 Å². The number of rotatable bonds is 6. The maximum atomic E-state index is 11.5. The lowest BCUT2D eigenvalue weighted by Gasteiger charge is -2.09. The second kappa shape index (κ2) is 6.58. The van der Waals surface area contributed by atoms with Crippen LogP contribution < -0.4 is 10.6 Å². The van der Waals surface area contributed by atoms with E-state index < -0.39 is 18.0 Å². The SMILES string of the molecule is CCCNC(=O)CNC(=O)C1CC(C(=O)O)=NO1. The fraction of sp³-hybridized carbons (Fsp3) is 0.600. The predicted molar refractivity (Wildman–Crippen MR) is 60.9 cm³/mol. The van der Waals surface area contributed by atoms with Crippen molar-refractivity contribution in [2.75, 3.05) is 13.1 Å². The van der Waals surface area contributed by atoms with Crippen LogP contribution in [0, 0.1) is 0 Å². The molecule has 0 aromatic carbocycles. The first-order valence-corrected chi connectivity index (χ1v) is 5.55. The van der Waals surface area contributed by atoms with Gasteiger partial charge in [-0.3, -0.25) is 9.59 Å². The average Bonchev–Trinajstić information content (AvgIpc) is 2.83. The summed E-state index contributed by atoms with van der Waals surface area (Å²) in [5.41, 5.74) is -0.203. The summed E-state index contributed by atoms with van der Waals surface area (Å²) in [4.78, 5) is 37.9. The Morgan fingerprint density at radius 1 is 1.44 bits per heavy atom. The minimum absolute atomic E-state index is 0.0995. The van der Waals surface area contributed by atoms with Crippen molar-refractivity contribution in [2.24, 2.45) is 5.16 Å². The molecule has 1 heterocycles. The van der Waals surface area contributed by atoms with Crippen molar-refractivity contribution >= 4 is 23.5 Å². The van der Waals surface area contributed by atoms with Crippen LogP contribution in [0.15, 0.2) is 5.16 Å². The number of hydrogen-bond donors (Lipinski definition) is 3. The number of oxime groups is 1. The van der Waals surface area contributed by atoms with Gasteiger partial charge in [-0.2, -0.15) is 0 Å². The van der Waals surface area contributed by atoms with E-state index in [0.29, 0.717) is 6.54 Å². The summed E-state index contributed by atoms with van der Waals surface area (Å²) in [6.07, 6.45) is -0.269. The van der Waals surface area contributed by atoms with Crippen LogP contribution in [0.3, 0.4) is 0 Å². The normalized spacial score (nSPS) is 17.6. The summed E-state index contributed by atoms with van der Waals surface area (Å²) in [5, 5.41) is 16.8. The number of carbonyl (C=O) groups is 3. The van der Waals surface area contributed by atoms with Gasteiger partial charge < -0.3 is 20.6 Å². The van der Waals surface area contributed by atoms with Crippen molar-refractivity contribution in [3.63, 3.8) is 0 Å². The molecule has 1 unspecified atom stereocenters. The third-order valence-electron chi connectivity index (χ3n) is 2.20. The van der Waals surface area contributed by atoms with Crippen molar-refractivity contribution in [1.82, 2.24) is 10.6 Å². The monoisotopic (exact) mass is 257 g/mol. The van der Waals surface area contributed by atoms with Crippen LogP contribution in [-0.4, -0.2) is 47.8 Å². The molecule has 0 aliphatic carbocycles. The van der Waals surface area contributed by atoms with Gasteiger partial charge in [0.05, 0.1) is 6.54 Å². The van der Waals surface area contributed by atoms with E-state index >= 15 is 0 Å². The summed E-state index contributed by atoms with van der Waals surface area (Å²) in [7, 11) is 0. The molecule has 0 saturated carbocycles. The van der Waals surface area contributed by atoms with Crippen LogP contribution in [0.5, 0.6) is 0 Å². The van der Waals surface area contributed by atoms with E-state index in [1.165, 1.54) is 0 Å². The van der Waals surface area contributed by atoms with Crippen molar-refractivity contribution in [2.45, 2.75) is 25.9 Å². The lowest BCUT2D eigenvalue weighted by atomic mass is 10.2. The Bertz CT molecular complexity index is 380. The number of carboxylic acids is 1. The van der Waals surface area contributed by atoms with Crippen LogP contribution in [0.2, 0.25) is 0 Å². The lowest BCUT2D eigenvalue weighted by molar-refractivity contribution is -0.133. The minimum atomic E-state index is -1.22. The molecule has 1 atom stereocenters. The molecule has 0 radical (unpaired) electrons. The quantitative estimate of drug-likeness (QED) is 0.556. The molecule has 8 heteroatoms. The Kier molecular flexibility index (Phi) is 5.09. The van der Waals surface area contributed by atoms with Crippen LogP contribution >= 0.6 is 0 Å². The van der Waals surface area contributed by atoms with E-state index in [4.69, 9.17) is 5.11 Å². The molecule has 18 heavy (non-hydrogen) atoms. The minimum Gasteiger partial charge on any atom is -0.477 e. The number of amides is 2. The maximum Gasteiger partial charge on any atom is 0.353 e. The number of carbonyl (C=O) groups excluding carboxylic acids is 2. The molecule has 1 rings (SSSR count).